The lowest BCUT2D eigenvalue weighted by molar-refractivity contribution is -0.117. The van der Waals surface area contributed by atoms with Crippen LogP contribution < -0.4 is 4.90 Å². The van der Waals surface area contributed by atoms with Gasteiger partial charge in [0.25, 0.3) is 0 Å². The van der Waals surface area contributed by atoms with Gasteiger partial charge in [0.2, 0.25) is 5.91 Å². The van der Waals surface area contributed by atoms with Gasteiger partial charge in [-0.3, -0.25) is 4.79 Å². The lowest BCUT2D eigenvalue weighted by Crippen LogP contribution is -2.42. The van der Waals surface area contributed by atoms with Crippen molar-refractivity contribution >= 4 is 33.0 Å². The first-order chi connectivity index (χ1) is 11.4. The Hall–Kier alpha value is -1.85. The largest absolute Gasteiger partial charge is 0.312 e. The monoisotopic (exact) mass is 365 g/mol. The molecule has 2 aromatic rings. The molecular formula is C18H20ClNO3S. The quantitative estimate of drug-likeness (QED) is 0.784. The predicted molar refractivity (Wildman–Crippen MR) is 98.0 cm³/mol. The normalized spacial score (nSPS) is 12.6. The molecule has 2 aromatic carbocycles. The Bertz CT molecular complexity index is 806. The van der Waals surface area contributed by atoms with E-state index in [4.69, 9.17) is 11.6 Å². The maximum atomic E-state index is 12.7. The van der Waals surface area contributed by atoms with Gasteiger partial charge in [0.1, 0.15) is 5.25 Å². The third-order valence-electron chi connectivity index (χ3n) is 3.85. The number of sulfone groups is 1. The summed E-state index contributed by atoms with van der Waals surface area (Å²) in [4.78, 5) is 14.2. The summed E-state index contributed by atoms with van der Waals surface area (Å²) >= 11 is 6.04. The minimum absolute atomic E-state index is 0.258. The average Bonchev–Trinajstić information content (AvgIpc) is 2.57. The van der Waals surface area contributed by atoms with Crippen LogP contribution in [0.15, 0.2) is 54.6 Å². The molecule has 0 bridgehead atoms. The molecule has 0 radical (unpaired) electrons. The van der Waals surface area contributed by atoms with Gasteiger partial charge < -0.3 is 4.90 Å². The fraction of sp³-hybridized carbons (Fsp3) is 0.278. The number of rotatable bonds is 6. The molecule has 1 unspecified atom stereocenters. The molecule has 1 amide bonds. The van der Waals surface area contributed by atoms with Crippen molar-refractivity contribution in [3.05, 3.63) is 65.2 Å². The highest BCUT2D eigenvalue weighted by molar-refractivity contribution is 7.92. The van der Waals surface area contributed by atoms with Crippen LogP contribution in [0.2, 0.25) is 5.02 Å². The van der Waals surface area contributed by atoms with Crippen LogP contribution in [0.5, 0.6) is 0 Å². The van der Waals surface area contributed by atoms with Gasteiger partial charge in [-0.1, -0.05) is 48.0 Å². The Labute approximate surface area is 148 Å². The van der Waals surface area contributed by atoms with E-state index in [0.29, 0.717) is 22.8 Å². The molecule has 0 heterocycles. The zero-order chi connectivity index (χ0) is 17.7. The Morgan fingerprint density at radius 3 is 2.25 bits per heavy atom. The van der Waals surface area contributed by atoms with Crippen LogP contribution in [0.1, 0.15) is 19.4 Å². The SMILES string of the molecule is CCN(C(=O)C(C)S(=O)(=O)Cc1ccccc1Cl)c1ccccc1. The van der Waals surface area contributed by atoms with Crippen LogP contribution in [0.3, 0.4) is 0 Å². The van der Waals surface area contributed by atoms with Crippen molar-refractivity contribution < 1.29 is 13.2 Å². The fourth-order valence-electron chi connectivity index (χ4n) is 2.40. The number of carbonyl (C=O) groups excluding carboxylic acids is 1. The van der Waals surface area contributed by atoms with Gasteiger partial charge in [0.15, 0.2) is 9.84 Å². The van der Waals surface area contributed by atoms with Crippen molar-refractivity contribution in [3.63, 3.8) is 0 Å². The maximum absolute atomic E-state index is 12.7. The number of halogens is 1. The van der Waals surface area contributed by atoms with E-state index < -0.39 is 21.0 Å². The van der Waals surface area contributed by atoms with Crippen LogP contribution >= 0.6 is 11.6 Å². The van der Waals surface area contributed by atoms with Gasteiger partial charge >= 0.3 is 0 Å². The first-order valence-corrected chi connectivity index (χ1v) is 9.77. The number of hydrogen-bond acceptors (Lipinski definition) is 3. The zero-order valence-corrected chi connectivity index (χ0v) is 15.2. The van der Waals surface area contributed by atoms with Crippen LogP contribution in [0.4, 0.5) is 5.69 Å². The lowest BCUT2D eigenvalue weighted by atomic mass is 10.2. The third kappa shape index (κ3) is 4.16. The molecular weight excluding hydrogens is 346 g/mol. The number of amides is 1. The minimum Gasteiger partial charge on any atom is -0.312 e. The Morgan fingerprint density at radius 1 is 1.08 bits per heavy atom. The molecule has 0 N–H and O–H groups in total. The molecule has 1 atom stereocenters. The number of carbonyl (C=O) groups is 1. The Kier molecular flexibility index (Phi) is 6.02. The van der Waals surface area contributed by atoms with Crippen molar-refractivity contribution in [1.82, 2.24) is 0 Å². The van der Waals surface area contributed by atoms with E-state index in [1.807, 2.05) is 25.1 Å². The second kappa shape index (κ2) is 7.81. The first-order valence-electron chi connectivity index (χ1n) is 7.68. The second-order valence-electron chi connectivity index (χ2n) is 5.46. The molecule has 4 nitrogen and oxygen atoms in total. The number of anilines is 1. The van der Waals surface area contributed by atoms with E-state index >= 15 is 0 Å². The Morgan fingerprint density at radius 2 is 1.67 bits per heavy atom. The van der Waals surface area contributed by atoms with Crippen LogP contribution in [-0.2, 0) is 20.4 Å². The van der Waals surface area contributed by atoms with Gasteiger partial charge in [-0.2, -0.15) is 0 Å². The van der Waals surface area contributed by atoms with Gasteiger partial charge in [0, 0.05) is 17.3 Å². The number of benzene rings is 2. The molecule has 0 aliphatic carbocycles. The van der Waals surface area contributed by atoms with Crippen molar-refractivity contribution in [2.24, 2.45) is 0 Å². The molecule has 2 rings (SSSR count). The van der Waals surface area contributed by atoms with E-state index in [1.165, 1.54) is 11.8 Å². The summed E-state index contributed by atoms with van der Waals surface area (Å²) in [5.41, 5.74) is 1.19. The molecule has 0 aromatic heterocycles. The molecule has 0 aliphatic rings. The summed E-state index contributed by atoms with van der Waals surface area (Å²) in [6.45, 7) is 3.65. The van der Waals surface area contributed by atoms with Crippen molar-refractivity contribution in [3.8, 4) is 0 Å². The van der Waals surface area contributed by atoms with E-state index in [-0.39, 0.29) is 5.75 Å². The van der Waals surface area contributed by atoms with Crippen LogP contribution in [0.25, 0.3) is 0 Å². The molecule has 24 heavy (non-hydrogen) atoms. The molecule has 6 heteroatoms. The summed E-state index contributed by atoms with van der Waals surface area (Å²) < 4.78 is 25.3. The number of hydrogen-bond donors (Lipinski definition) is 0. The predicted octanol–water partition coefficient (Wildman–Crippen LogP) is 3.70. The molecule has 0 fully saturated rings. The summed E-state index contributed by atoms with van der Waals surface area (Å²) in [5, 5.41) is -0.759. The summed E-state index contributed by atoms with van der Waals surface area (Å²) in [6, 6.07) is 15.8. The average molecular weight is 366 g/mol. The maximum Gasteiger partial charge on any atom is 0.245 e. The number of para-hydroxylation sites is 1. The standard InChI is InChI=1S/C18H20ClNO3S/c1-3-20(16-10-5-4-6-11-16)18(21)14(2)24(22,23)13-15-9-7-8-12-17(15)19/h4-12,14H,3,13H2,1-2H3. The van der Waals surface area contributed by atoms with E-state index in [9.17, 15) is 13.2 Å². The molecule has 0 spiro atoms. The minimum atomic E-state index is -3.67. The van der Waals surface area contributed by atoms with Gasteiger partial charge in [0.05, 0.1) is 5.75 Å². The van der Waals surface area contributed by atoms with Crippen molar-refractivity contribution in [1.29, 1.82) is 0 Å². The summed E-state index contributed by atoms with van der Waals surface area (Å²) in [5.74, 6) is -0.692. The highest BCUT2D eigenvalue weighted by Crippen LogP contribution is 2.22. The fourth-order valence-corrected chi connectivity index (χ4v) is 4.06. The number of nitrogens with zero attached hydrogens (tertiary/aromatic N) is 1. The highest BCUT2D eigenvalue weighted by atomic mass is 35.5. The van der Waals surface area contributed by atoms with Gasteiger partial charge in [-0.05, 0) is 37.6 Å². The lowest BCUT2D eigenvalue weighted by Gasteiger charge is -2.24. The third-order valence-corrected chi connectivity index (χ3v) is 6.21. The highest BCUT2D eigenvalue weighted by Gasteiger charge is 2.32. The van der Waals surface area contributed by atoms with Crippen LogP contribution in [0, 0.1) is 0 Å². The van der Waals surface area contributed by atoms with Gasteiger partial charge in [-0.15, -0.1) is 0 Å². The van der Waals surface area contributed by atoms with E-state index in [1.54, 1.807) is 36.4 Å². The summed E-state index contributed by atoms with van der Waals surface area (Å²) in [7, 11) is -3.67. The van der Waals surface area contributed by atoms with Crippen LogP contribution in [-0.4, -0.2) is 26.1 Å². The molecule has 0 aliphatic heterocycles. The molecule has 128 valence electrons. The summed E-state index contributed by atoms with van der Waals surface area (Å²) in [6.07, 6.45) is 0. The van der Waals surface area contributed by atoms with E-state index in [2.05, 4.69) is 0 Å². The first kappa shape index (κ1) is 18.5. The van der Waals surface area contributed by atoms with Gasteiger partial charge in [-0.25, -0.2) is 8.42 Å². The molecule has 0 saturated heterocycles. The smallest absolute Gasteiger partial charge is 0.245 e. The second-order valence-corrected chi connectivity index (χ2v) is 8.19. The van der Waals surface area contributed by atoms with Crippen molar-refractivity contribution in [2.75, 3.05) is 11.4 Å². The zero-order valence-electron chi connectivity index (χ0n) is 13.6. The Balaban J connectivity index is 2.24. The topological polar surface area (TPSA) is 54.5 Å². The van der Waals surface area contributed by atoms with Crippen molar-refractivity contribution in [2.45, 2.75) is 24.9 Å². The van der Waals surface area contributed by atoms with E-state index in [0.717, 1.165) is 0 Å². The molecule has 0 saturated carbocycles.